The molecule has 0 radical (unpaired) electrons. The van der Waals surface area contributed by atoms with E-state index in [1.165, 1.54) is 0 Å². The first-order valence-corrected chi connectivity index (χ1v) is 2.73. The van der Waals surface area contributed by atoms with E-state index >= 15 is 0 Å². The summed E-state index contributed by atoms with van der Waals surface area (Å²) in [6.45, 7) is 2.83. The molecule has 0 aromatic rings. The Labute approximate surface area is 45.2 Å². The van der Waals surface area contributed by atoms with Crippen LogP contribution in [0.15, 0.2) is 12.2 Å². The van der Waals surface area contributed by atoms with Gasteiger partial charge in [-0.2, -0.15) is 0 Å². The second-order valence-corrected chi connectivity index (χ2v) is 1.50. The highest BCUT2D eigenvalue weighted by Gasteiger charge is 1.73. The first kappa shape index (κ1) is 6.70. The molecule has 0 amide bonds. The van der Waals surface area contributed by atoms with Gasteiger partial charge in [-0.3, -0.25) is 0 Å². The van der Waals surface area contributed by atoms with E-state index in [-0.39, 0.29) is 0 Å². The summed E-state index contributed by atoms with van der Waals surface area (Å²) < 4.78 is 0. The van der Waals surface area contributed by atoms with E-state index < -0.39 is 0 Å². The molecule has 0 aromatic heterocycles. The third kappa shape index (κ3) is 5.70. The Hall–Kier alpha value is -0.300. The standard InChI is InChI=1S/C6H13N/c1-2-3-4-5-6-7/h2-3H,4-7H2,1H3. The van der Waals surface area contributed by atoms with Gasteiger partial charge in [0.2, 0.25) is 0 Å². The van der Waals surface area contributed by atoms with Crippen molar-refractivity contribution in [2.45, 2.75) is 19.8 Å². The minimum Gasteiger partial charge on any atom is -0.330 e. The molecule has 0 rings (SSSR count). The minimum atomic E-state index is 0.810. The quantitative estimate of drug-likeness (QED) is 0.419. The normalized spacial score (nSPS) is 10.6. The van der Waals surface area contributed by atoms with Crippen LogP contribution in [0.2, 0.25) is 0 Å². The topological polar surface area (TPSA) is 26.0 Å². The van der Waals surface area contributed by atoms with Crippen LogP contribution in [0, 0.1) is 0 Å². The van der Waals surface area contributed by atoms with Crippen LogP contribution in [0.1, 0.15) is 19.8 Å². The summed E-state index contributed by atoms with van der Waals surface area (Å²) in [4.78, 5) is 0. The maximum atomic E-state index is 5.24. The lowest BCUT2D eigenvalue weighted by Gasteiger charge is -1.84. The molecule has 0 aromatic carbocycles. The average molecular weight is 99.2 g/mol. The van der Waals surface area contributed by atoms with Crippen LogP contribution in [-0.4, -0.2) is 6.54 Å². The Bertz CT molecular complexity index is 48.1. The summed E-state index contributed by atoms with van der Waals surface area (Å²) in [6, 6.07) is 0. The number of rotatable bonds is 3. The monoisotopic (exact) mass is 99.1 g/mol. The van der Waals surface area contributed by atoms with Gasteiger partial charge in [0.05, 0.1) is 0 Å². The molecular weight excluding hydrogens is 86.1 g/mol. The molecular formula is C6H13N. The SMILES string of the molecule is CC=CCCCN. The van der Waals surface area contributed by atoms with Crippen LogP contribution < -0.4 is 5.73 Å². The second kappa shape index (κ2) is 5.70. The van der Waals surface area contributed by atoms with Crippen LogP contribution >= 0.6 is 0 Å². The van der Waals surface area contributed by atoms with Gasteiger partial charge in [-0.05, 0) is 26.3 Å². The van der Waals surface area contributed by atoms with Crippen molar-refractivity contribution in [2.24, 2.45) is 5.73 Å². The molecule has 0 spiro atoms. The number of nitrogens with two attached hydrogens (primary N) is 1. The van der Waals surface area contributed by atoms with Gasteiger partial charge in [0, 0.05) is 0 Å². The van der Waals surface area contributed by atoms with E-state index in [0.717, 1.165) is 19.4 Å². The molecule has 0 fully saturated rings. The Morgan fingerprint density at radius 1 is 1.57 bits per heavy atom. The van der Waals surface area contributed by atoms with Gasteiger partial charge in [-0.15, -0.1) is 0 Å². The molecule has 0 atom stereocenters. The van der Waals surface area contributed by atoms with E-state index in [4.69, 9.17) is 5.73 Å². The van der Waals surface area contributed by atoms with Crippen molar-refractivity contribution in [3.05, 3.63) is 12.2 Å². The van der Waals surface area contributed by atoms with E-state index in [1.54, 1.807) is 0 Å². The van der Waals surface area contributed by atoms with Crippen LogP contribution in [-0.2, 0) is 0 Å². The molecule has 0 heterocycles. The van der Waals surface area contributed by atoms with Gasteiger partial charge < -0.3 is 5.73 Å². The average Bonchev–Trinajstić information content (AvgIpc) is 1.69. The Balaban J connectivity index is 2.69. The van der Waals surface area contributed by atoms with Gasteiger partial charge in [0.1, 0.15) is 0 Å². The Kier molecular flexibility index (Phi) is 5.46. The molecule has 0 aliphatic carbocycles. The summed E-state index contributed by atoms with van der Waals surface area (Å²) in [5.74, 6) is 0. The molecule has 7 heavy (non-hydrogen) atoms. The fourth-order valence-corrected chi connectivity index (χ4v) is 0.402. The predicted molar refractivity (Wildman–Crippen MR) is 33.1 cm³/mol. The molecule has 0 bridgehead atoms. The number of hydrogen-bond acceptors (Lipinski definition) is 1. The lowest BCUT2D eigenvalue weighted by atomic mass is 10.3. The van der Waals surface area contributed by atoms with Crippen LogP contribution in [0.5, 0.6) is 0 Å². The summed E-state index contributed by atoms with van der Waals surface area (Å²) in [6.07, 6.45) is 6.43. The lowest BCUT2D eigenvalue weighted by Crippen LogP contribution is -1.96. The van der Waals surface area contributed by atoms with Gasteiger partial charge in [0.25, 0.3) is 0 Å². The minimum absolute atomic E-state index is 0.810. The van der Waals surface area contributed by atoms with Gasteiger partial charge in [-0.25, -0.2) is 0 Å². The van der Waals surface area contributed by atoms with Crippen molar-refractivity contribution >= 4 is 0 Å². The Morgan fingerprint density at radius 3 is 2.71 bits per heavy atom. The summed E-state index contributed by atoms with van der Waals surface area (Å²) >= 11 is 0. The lowest BCUT2D eigenvalue weighted by molar-refractivity contribution is 0.854. The third-order valence-corrected chi connectivity index (χ3v) is 0.811. The molecule has 1 nitrogen and oxygen atoms in total. The molecule has 0 aliphatic rings. The van der Waals surface area contributed by atoms with E-state index in [1.807, 2.05) is 6.92 Å². The number of hydrogen-bond donors (Lipinski definition) is 1. The highest BCUT2D eigenvalue weighted by Crippen LogP contribution is 1.85. The van der Waals surface area contributed by atoms with Gasteiger partial charge in [-0.1, -0.05) is 12.2 Å². The molecule has 2 N–H and O–H groups in total. The predicted octanol–water partition coefficient (Wildman–Crippen LogP) is 1.30. The van der Waals surface area contributed by atoms with Crippen molar-refractivity contribution in [1.82, 2.24) is 0 Å². The van der Waals surface area contributed by atoms with E-state index in [2.05, 4.69) is 12.2 Å². The fraction of sp³-hybridized carbons (Fsp3) is 0.667. The summed E-state index contributed by atoms with van der Waals surface area (Å²) in [7, 11) is 0. The highest BCUT2D eigenvalue weighted by atomic mass is 14.5. The van der Waals surface area contributed by atoms with E-state index in [0.29, 0.717) is 0 Å². The molecule has 0 saturated heterocycles. The number of allylic oxidation sites excluding steroid dienone is 2. The van der Waals surface area contributed by atoms with Crippen LogP contribution in [0.3, 0.4) is 0 Å². The molecule has 42 valence electrons. The summed E-state index contributed by atoms with van der Waals surface area (Å²) in [5.41, 5.74) is 5.24. The molecule has 0 unspecified atom stereocenters. The zero-order chi connectivity index (χ0) is 5.54. The smallest absolute Gasteiger partial charge is 0.00743 e. The first-order chi connectivity index (χ1) is 3.41. The van der Waals surface area contributed by atoms with Crippen molar-refractivity contribution in [1.29, 1.82) is 0 Å². The van der Waals surface area contributed by atoms with Gasteiger partial charge in [0.15, 0.2) is 0 Å². The zero-order valence-electron chi connectivity index (χ0n) is 4.85. The summed E-state index contributed by atoms with van der Waals surface area (Å²) in [5, 5.41) is 0. The first-order valence-electron chi connectivity index (χ1n) is 2.73. The van der Waals surface area contributed by atoms with Crippen molar-refractivity contribution in [3.63, 3.8) is 0 Å². The molecule has 0 saturated carbocycles. The van der Waals surface area contributed by atoms with Crippen molar-refractivity contribution < 1.29 is 0 Å². The zero-order valence-corrected chi connectivity index (χ0v) is 4.85. The molecule has 0 aliphatic heterocycles. The van der Waals surface area contributed by atoms with E-state index in [9.17, 15) is 0 Å². The van der Waals surface area contributed by atoms with Crippen molar-refractivity contribution in [3.8, 4) is 0 Å². The van der Waals surface area contributed by atoms with Gasteiger partial charge >= 0.3 is 0 Å². The van der Waals surface area contributed by atoms with Crippen LogP contribution in [0.4, 0.5) is 0 Å². The number of unbranched alkanes of at least 4 members (excludes halogenated alkanes) is 1. The highest BCUT2D eigenvalue weighted by molar-refractivity contribution is 4.76. The second-order valence-electron chi connectivity index (χ2n) is 1.50. The largest absolute Gasteiger partial charge is 0.330 e. The third-order valence-electron chi connectivity index (χ3n) is 0.811. The fourth-order valence-electron chi connectivity index (χ4n) is 0.402. The Morgan fingerprint density at radius 2 is 2.29 bits per heavy atom. The maximum Gasteiger partial charge on any atom is -0.00743 e. The van der Waals surface area contributed by atoms with Crippen molar-refractivity contribution in [2.75, 3.05) is 6.54 Å². The molecule has 1 heteroatoms. The van der Waals surface area contributed by atoms with Crippen LogP contribution in [0.25, 0.3) is 0 Å². The maximum absolute atomic E-state index is 5.24.